The van der Waals surface area contributed by atoms with Crippen molar-refractivity contribution >= 4 is 11.6 Å². The maximum absolute atomic E-state index is 11.1. The lowest BCUT2D eigenvalue weighted by atomic mass is 10.0. The van der Waals surface area contributed by atoms with Gasteiger partial charge in [0.15, 0.2) is 0 Å². The van der Waals surface area contributed by atoms with Gasteiger partial charge in [-0.2, -0.15) is 0 Å². The summed E-state index contributed by atoms with van der Waals surface area (Å²) in [5.74, 6) is -0.817. The third-order valence-electron chi connectivity index (χ3n) is 2.56. The number of unbranched alkanes of at least 4 members (excludes halogenated alkanes) is 2. The van der Waals surface area contributed by atoms with Gasteiger partial charge in [0, 0.05) is 0 Å². The number of ketones is 2. The minimum atomic E-state index is -0.417. The van der Waals surface area contributed by atoms with E-state index >= 15 is 0 Å². The van der Waals surface area contributed by atoms with Gasteiger partial charge in [-0.1, -0.05) is 25.8 Å². The van der Waals surface area contributed by atoms with E-state index in [0.29, 0.717) is 0 Å². The average molecular weight is 221 g/mol. The molecule has 0 aliphatic heterocycles. The Hall–Kier alpha value is -1.22. The summed E-state index contributed by atoms with van der Waals surface area (Å²) in [5.41, 5.74) is 0.938. The first-order valence-electron chi connectivity index (χ1n) is 5.91. The standard InChI is InChI=1S/C13H19NO2/c1-2-3-4-8-14-9-7-11-5-6-12(15)13(16)10-11/h5-6,10,14H,2-4,7-9H2,1H3. The molecule has 88 valence electrons. The number of hydrogen-bond donors (Lipinski definition) is 1. The van der Waals surface area contributed by atoms with Gasteiger partial charge in [0.2, 0.25) is 11.6 Å². The van der Waals surface area contributed by atoms with Gasteiger partial charge >= 0.3 is 0 Å². The maximum atomic E-state index is 11.1. The normalized spacial score (nSPS) is 15.4. The first-order valence-corrected chi connectivity index (χ1v) is 5.91. The maximum Gasteiger partial charge on any atom is 0.225 e. The van der Waals surface area contributed by atoms with Crippen molar-refractivity contribution in [2.45, 2.75) is 32.6 Å². The molecule has 0 aromatic rings. The van der Waals surface area contributed by atoms with Crippen LogP contribution in [-0.2, 0) is 9.59 Å². The molecule has 0 aromatic carbocycles. The molecule has 0 amide bonds. The molecule has 0 bridgehead atoms. The van der Waals surface area contributed by atoms with Crippen LogP contribution in [0.5, 0.6) is 0 Å². The molecule has 3 heteroatoms. The Morgan fingerprint density at radius 2 is 1.88 bits per heavy atom. The Morgan fingerprint density at radius 1 is 1.06 bits per heavy atom. The molecule has 0 aromatic heterocycles. The van der Waals surface area contributed by atoms with Crippen LogP contribution in [0, 0.1) is 0 Å². The highest BCUT2D eigenvalue weighted by Crippen LogP contribution is 2.08. The lowest BCUT2D eigenvalue weighted by Crippen LogP contribution is -2.18. The smallest absolute Gasteiger partial charge is 0.225 e. The Bertz CT molecular complexity index is 316. The van der Waals surface area contributed by atoms with Crippen LogP contribution in [0.15, 0.2) is 23.8 Å². The summed E-state index contributed by atoms with van der Waals surface area (Å²) in [6.07, 6.45) is 9.02. The summed E-state index contributed by atoms with van der Waals surface area (Å²) in [6.45, 7) is 4.07. The van der Waals surface area contributed by atoms with Crippen molar-refractivity contribution in [2.24, 2.45) is 0 Å². The van der Waals surface area contributed by atoms with Crippen LogP contribution in [-0.4, -0.2) is 24.7 Å². The zero-order valence-corrected chi connectivity index (χ0v) is 9.79. The fraction of sp³-hybridized carbons (Fsp3) is 0.538. The second kappa shape index (κ2) is 7.12. The van der Waals surface area contributed by atoms with E-state index in [1.165, 1.54) is 31.4 Å². The van der Waals surface area contributed by atoms with E-state index in [9.17, 15) is 9.59 Å². The van der Waals surface area contributed by atoms with Gasteiger partial charge in [-0.05, 0) is 43.7 Å². The van der Waals surface area contributed by atoms with E-state index in [-0.39, 0.29) is 0 Å². The zero-order valence-electron chi connectivity index (χ0n) is 9.79. The molecule has 1 aliphatic carbocycles. The largest absolute Gasteiger partial charge is 0.316 e. The SMILES string of the molecule is CCCCCNCCC1=CC(=O)C(=O)C=C1. The fourth-order valence-electron chi connectivity index (χ4n) is 1.57. The van der Waals surface area contributed by atoms with Crippen LogP contribution >= 0.6 is 0 Å². The second-order valence-corrected chi connectivity index (χ2v) is 3.99. The van der Waals surface area contributed by atoms with Gasteiger partial charge in [-0.15, -0.1) is 0 Å². The molecule has 0 saturated heterocycles. The van der Waals surface area contributed by atoms with Gasteiger partial charge in [-0.25, -0.2) is 0 Å². The number of allylic oxidation sites excluding steroid dienone is 3. The van der Waals surface area contributed by atoms with Gasteiger partial charge in [-0.3, -0.25) is 9.59 Å². The molecular weight excluding hydrogens is 202 g/mol. The van der Waals surface area contributed by atoms with Crippen molar-refractivity contribution in [3.8, 4) is 0 Å². The van der Waals surface area contributed by atoms with E-state index in [1.54, 1.807) is 6.08 Å². The lowest BCUT2D eigenvalue weighted by molar-refractivity contribution is -0.131. The number of nitrogens with one attached hydrogen (secondary N) is 1. The summed E-state index contributed by atoms with van der Waals surface area (Å²) in [6, 6.07) is 0. The van der Waals surface area contributed by atoms with Crippen molar-refractivity contribution in [2.75, 3.05) is 13.1 Å². The Kier molecular flexibility index (Phi) is 5.72. The third kappa shape index (κ3) is 4.53. The summed E-state index contributed by atoms with van der Waals surface area (Å²) < 4.78 is 0. The highest BCUT2D eigenvalue weighted by atomic mass is 16.2. The van der Waals surface area contributed by atoms with E-state index in [2.05, 4.69) is 12.2 Å². The minimum Gasteiger partial charge on any atom is -0.316 e. The van der Waals surface area contributed by atoms with Crippen LogP contribution in [0.1, 0.15) is 32.6 Å². The molecule has 16 heavy (non-hydrogen) atoms. The number of carbonyl (C=O) groups excluding carboxylic acids is 2. The highest BCUT2D eigenvalue weighted by Gasteiger charge is 2.12. The predicted molar refractivity (Wildman–Crippen MR) is 64.2 cm³/mol. The zero-order chi connectivity index (χ0) is 11.8. The van der Waals surface area contributed by atoms with Gasteiger partial charge in [0.1, 0.15) is 0 Å². The Labute approximate surface area is 96.6 Å². The monoisotopic (exact) mass is 221 g/mol. The van der Waals surface area contributed by atoms with Crippen molar-refractivity contribution in [1.82, 2.24) is 5.32 Å². The first kappa shape index (κ1) is 12.8. The van der Waals surface area contributed by atoms with Crippen LogP contribution in [0.3, 0.4) is 0 Å². The summed E-state index contributed by atoms with van der Waals surface area (Å²) in [5, 5.41) is 3.32. The topological polar surface area (TPSA) is 46.2 Å². The van der Waals surface area contributed by atoms with Crippen LogP contribution in [0.25, 0.3) is 0 Å². The van der Waals surface area contributed by atoms with Gasteiger partial charge in [0.05, 0.1) is 0 Å². The Balaban J connectivity index is 2.14. The molecule has 0 fully saturated rings. The highest BCUT2D eigenvalue weighted by molar-refractivity contribution is 6.46. The van der Waals surface area contributed by atoms with E-state index in [4.69, 9.17) is 0 Å². The number of rotatable bonds is 7. The van der Waals surface area contributed by atoms with Crippen molar-refractivity contribution in [3.63, 3.8) is 0 Å². The molecule has 3 nitrogen and oxygen atoms in total. The summed E-state index contributed by atoms with van der Waals surface area (Å²) in [4.78, 5) is 22.0. The first-order chi connectivity index (χ1) is 7.74. The number of hydrogen-bond acceptors (Lipinski definition) is 3. The fourth-order valence-corrected chi connectivity index (χ4v) is 1.57. The van der Waals surface area contributed by atoms with Crippen molar-refractivity contribution < 1.29 is 9.59 Å². The van der Waals surface area contributed by atoms with Gasteiger partial charge in [0.25, 0.3) is 0 Å². The lowest BCUT2D eigenvalue weighted by Gasteiger charge is -2.07. The Morgan fingerprint density at radius 3 is 2.56 bits per heavy atom. The van der Waals surface area contributed by atoms with E-state index in [0.717, 1.165) is 25.1 Å². The molecule has 0 spiro atoms. The number of carbonyl (C=O) groups is 2. The molecule has 1 rings (SSSR count). The molecule has 0 heterocycles. The molecule has 0 radical (unpaired) electrons. The summed E-state index contributed by atoms with van der Waals surface area (Å²) in [7, 11) is 0. The van der Waals surface area contributed by atoms with Crippen LogP contribution in [0.2, 0.25) is 0 Å². The molecule has 0 atom stereocenters. The quantitative estimate of drug-likeness (QED) is 0.405. The molecule has 1 N–H and O–H groups in total. The third-order valence-corrected chi connectivity index (χ3v) is 2.56. The van der Waals surface area contributed by atoms with E-state index < -0.39 is 11.6 Å². The molecule has 1 aliphatic rings. The molecule has 0 saturated carbocycles. The second-order valence-electron chi connectivity index (χ2n) is 3.99. The summed E-state index contributed by atoms with van der Waals surface area (Å²) >= 11 is 0. The van der Waals surface area contributed by atoms with Gasteiger partial charge < -0.3 is 5.32 Å². The van der Waals surface area contributed by atoms with Crippen LogP contribution < -0.4 is 5.32 Å². The van der Waals surface area contributed by atoms with Crippen molar-refractivity contribution in [1.29, 1.82) is 0 Å². The molecular formula is C13H19NO2. The predicted octanol–water partition coefficient (Wildman–Crippen LogP) is 1.79. The van der Waals surface area contributed by atoms with E-state index in [1.807, 2.05) is 0 Å². The minimum absolute atomic E-state index is 0.400. The average Bonchev–Trinajstić information content (AvgIpc) is 2.28. The van der Waals surface area contributed by atoms with Crippen LogP contribution in [0.4, 0.5) is 0 Å². The molecule has 0 unspecified atom stereocenters. The van der Waals surface area contributed by atoms with Crippen molar-refractivity contribution in [3.05, 3.63) is 23.8 Å².